The number of rotatable bonds is 3. The van der Waals surface area contributed by atoms with Gasteiger partial charge in [-0.05, 0) is 0 Å². The molecule has 0 aromatic carbocycles. The Balaban J connectivity index is 6.06. The Morgan fingerprint density at radius 2 is 0.783 bits per heavy atom. The highest BCUT2D eigenvalue weighted by Crippen LogP contribution is 2.54. The van der Waals surface area contributed by atoms with Gasteiger partial charge in [0, 0.05) is 6.42 Å². The molecule has 0 heterocycles. The molecule has 0 aliphatic heterocycles. The van der Waals surface area contributed by atoms with Crippen LogP contribution in [-0.4, -0.2) is 47.3 Å². The molecule has 23 heavy (non-hydrogen) atoms. The summed E-state index contributed by atoms with van der Waals surface area (Å²) < 4.78 is 171. The Labute approximate surface area is 116 Å². The van der Waals surface area contributed by atoms with E-state index in [-0.39, 0.29) is 0 Å². The van der Waals surface area contributed by atoms with E-state index in [1.165, 1.54) is 0 Å². The fraction of sp³-hybridized carbons (Fsp3) is 1.00. The van der Waals surface area contributed by atoms with Crippen molar-refractivity contribution in [3.8, 4) is 0 Å². The molecule has 0 aromatic heterocycles. The number of alkyl halides is 14. The number of hydrogen-bond acceptors (Lipinski definition) is 1. The fourth-order valence-electron chi connectivity index (χ4n) is 1.34. The van der Waals surface area contributed by atoms with Gasteiger partial charge in [-0.15, -0.1) is 0 Å². The number of aliphatic hydroxyl groups excluding tert-OH is 1. The van der Waals surface area contributed by atoms with Crippen molar-refractivity contribution in [1.29, 1.82) is 0 Å². The maximum absolute atomic E-state index is 13.1. The molecule has 0 radical (unpaired) electrons. The van der Waals surface area contributed by atoms with E-state index in [4.69, 9.17) is 5.11 Å². The second-order valence-corrected chi connectivity index (χ2v) is 4.22. The first-order valence-corrected chi connectivity index (χ1v) is 4.95. The van der Waals surface area contributed by atoms with Gasteiger partial charge in [0.25, 0.3) is 0 Å². The van der Waals surface area contributed by atoms with E-state index in [0.29, 0.717) is 0 Å². The average Bonchev–Trinajstić information content (AvgIpc) is 2.21. The Kier molecular flexibility index (Phi) is 5.27. The standard InChI is InChI=1S/C8H4F14O/c9-3(5(11,12)13,6(14,15)16)1-2(23)4(10,7(17,18)19)8(20,21)22/h2,23H,1H2. The van der Waals surface area contributed by atoms with Crippen LogP contribution in [0.5, 0.6) is 0 Å². The molecule has 0 aromatic rings. The molecule has 140 valence electrons. The van der Waals surface area contributed by atoms with Crippen LogP contribution >= 0.6 is 0 Å². The molecular formula is C8H4F14O. The molecule has 15 heteroatoms. The lowest BCUT2D eigenvalue weighted by atomic mass is 9.86. The van der Waals surface area contributed by atoms with Crippen molar-refractivity contribution < 1.29 is 66.6 Å². The van der Waals surface area contributed by atoms with Gasteiger partial charge in [0.05, 0.1) is 0 Å². The van der Waals surface area contributed by atoms with Gasteiger partial charge in [-0.25, -0.2) is 8.78 Å². The van der Waals surface area contributed by atoms with Gasteiger partial charge in [0.1, 0.15) is 6.10 Å². The summed E-state index contributed by atoms with van der Waals surface area (Å²) in [6, 6.07) is 0. The molecule has 0 saturated carbocycles. The first-order valence-electron chi connectivity index (χ1n) is 4.95. The van der Waals surface area contributed by atoms with Crippen LogP contribution < -0.4 is 0 Å². The van der Waals surface area contributed by atoms with E-state index in [1.807, 2.05) is 0 Å². The van der Waals surface area contributed by atoms with Crippen LogP contribution in [0.25, 0.3) is 0 Å². The lowest BCUT2D eigenvalue weighted by Gasteiger charge is -2.38. The van der Waals surface area contributed by atoms with Gasteiger partial charge in [0.15, 0.2) is 0 Å². The van der Waals surface area contributed by atoms with Crippen molar-refractivity contribution in [3.63, 3.8) is 0 Å². The van der Waals surface area contributed by atoms with Gasteiger partial charge < -0.3 is 5.11 Å². The number of halogens is 14. The molecule has 1 nitrogen and oxygen atoms in total. The van der Waals surface area contributed by atoms with Gasteiger partial charge in [-0.1, -0.05) is 0 Å². The highest BCUT2D eigenvalue weighted by Gasteiger charge is 2.80. The average molecular weight is 382 g/mol. The quantitative estimate of drug-likeness (QED) is 0.718. The second kappa shape index (κ2) is 5.51. The van der Waals surface area contributed by atoms with Gasteiger partial charge in [-0.3, -0.25) is 0 Å². The summed E-state index contributed by atoms with van der Waals surface area (Å²) in [6.45, 7) is 0. The predicted octanol–water partition coefficient (Wildman–Crippen LogP) is 4.40. The molecule has 0 aliphatic carbocycles. The SMILES string of the molecule is OC(CC(F)(C(F)(F)F)C(F)(F)F)C(F)(C(F)(F)F)C(F)(F)F. The van der Waals surface area contributed by atoms with Crippen molar-refractivity contribution in [3.05, 3.63) is 0 Å². The lowest BCUT2D eigenvalue weighted by molar-refractivity contribution is -0.385. The third-order valence-electron chi connectivity index (χ3n) is 2.66. The van der Waals surface area contributed by atoms with Crippen LogP contribution in [0.2, 0.25) is 0 Å². The van der Waals surface area contributed by atoms with Crippen molar-refractivity contribution in [2.24, 2.45) is 0 Å². The summed E-state index contributed by atoms with van der Waals surface area (Å²) in [4.78, 5) is 0. The van der Waals surface area contributed by atoms with E-state index in [0.717, 1.165) is 0 Å². The van der Waals surface area contributed by atoms with Crippen LogP contribution in [0, 0.1) is 0 Å². The zero-order valence-corrected chi connectivity index (χ0v) is 10.0. The number of hydrogen-bond donors (Lipinski definition) is 1. The Hall–Kier alpha value is -1.02. The molecule has 0 amide bonds. The maximum Gasteiger partial charge on any atom is 0.434 e. The smallest absolute Gasteiger partial charge is 0.389 e. The third kappa shape index (κ3) is 3.57. The minimum absolute atomic E-state index is 3.91. The molecule has 0 aliphatic rings. The van der Waals surface area contributed by atoms with Crippen LogP contribution in [-0.2, 0) is 0 Å². The van der Waals surface area contributed by atoms with Gasteiger partial charge in [0.2, 0.25) is 0 Å². The van der Waals surface area contributed by atoms with Crippen molar-refractivity contribution in [2.45, 2.75) is 48.6 Å². The lowest BCUT2D eigenvalue weighted by Crippen LogP contribution is -2.65. The Morgan fingerprint density at radius 1 is 0.522 bits per heavy atom. The summed E-state index contributed by atoms with van der Waals surface area (Å²) in [5.41, 5.74) is -13.6. The monoisotopic (exact) mass is 382 g/mol. The number of aliphatic hydroxyl groups is 1. The Bertz CT molecular complexity index is 382. The van der Waals surface area contributed by atoms with Gasteiger partial charge >= 0.3 is 36.0 Å². The first kappa shape index (κ1) is 22.0. The van der Waals surface area contributed by atoms with E-state index >= 15 is 0 Å². The van der Waals surface area contributed by atoms with E-state index in [1.54, 1.807) is 0 Å². The van der Waals surface area contributed by atoms with E-state index < -0.39 is 48.6 Å². The molecule has 1 unspecified atom stereocenters. The third-order valence-corrected chi connectivity index (χ3v) is 2.66. The topological polar surface area (TPSA) is 20.2 Å². The minimum Gasteiger partial charge on any atom is -0.389 e. The summed E-state index contributed by atoms with van der Waals surface area (Å²) in [6.07, 6.45) is -37.4. The molecule has 1 N–H and O–H groups in total. The van der Waals surface area contributed by atoms with Crippen LogP contribution in [0.4, 0.5) is 61.5 Å². The zero-order valence-electron chi connectivity index (χ0n) is 10.0. The highest BCUT2D eigenvalue weighted by molar-refractivity contribution is 5.06. The molecular weight excluding hydrogens is 378 g/mol. The van der Waals surface area contributed by atoms with Gasteiger partial charge in [-0.2, -0.15) is 52.7 Å². The summed E-state index contributed by atoms with van der Waals surface area (Å²) >= 11 is 0. The summed E-state index contributed by atoms with van der Waals surface area (Å²) in [5, 5.41) is 8.45. The molecule has 0 spiro atoms. The molecule has 1 atom stereocenters. The Morgan fingerprint density at radius 3 is 0.957 bits per heavy atom. The first-order chi connectivity index (χ1) is 9.63. The van der Waals surface area contributed by atoms with Crippen molar-refractivity contribution >= 4 is 0 Å². The molecule has 0 saturated heterocycles. The molecule has 0 rings (SSSR count). The summed E-state index contributed by atoms with van der Waals surface area (Å²) in [7, 11) is 0. The largest absolute Gasteiger partial charge is 0.434 e. The summed E-state index contributed by atoms with van der Waals surface area (Å²) in [5.74, 6) is 0. The zero-order chi connectivity index (χ0) is 19.3. The van der Waals surface area contributed by atoms with E-state index in [2.05, 4.69) is 0 Å². The minimum atomic E-state index is -7.16. The molecule has 0 fully saturated rings. The molecule has 0 bridgehead atoms. The predicted molar refractivity (Wildman–Crippen MR) is 42.5 cm³/mol. The van der Waals surface area contributed by atoms with Crippen LogP contribution in [0.15, 0.2) is 0 Å². The van der Waals surface area contributed by atoms with Crippen molar-refractivity contribution in [2.75, 3.05) is 0 Å². The highest BCUT2D eigenvalue weighted by atomic mass is 19.4. The second-order valence-electron chi connectivity index (χ2n) is 4.22. The van der Waals surface area contributed by atoms with Crippen LogP contribution in [0.3, 0.4) is 0 Å². The normalized spacial score (nSPS) is 17.3. The maximum atomic E-state index is 13.1. The van der Waals surface area contributed by atoms with E-state index in [9.17, 15) is 61.5 Å². The fourth-order valence-corrected chi connectivity index (χ4v) is 1.34. The van der Waals surface area contributed by atoms with Crippen LogP contribution in [0.1, 0.15) is 6.42 Å². The van der Waals surface area contributed by atoms with Crippen molar-refractivity contribution in [1.82, 2.24) is 0 Å².